The van der Waals surface area contributed by atoms with E-state index in [-0.39, 0.29) is 11.5 Å². The molecule has 1 aromatic heterocycles. The number of carboxylic acids is 1. The zero-order valence-electron chi connectivity index (χ0n) is 11.2. The lowest BCUT2D eigenvalue weighted by Gasteiger charge is -2.16. The van der Waals surface area contributed by atoms with Crippen LogP contribution in [-0.2, 0) is 4.79 Å². The maximum absolute atomic E-state index is 11.9. The smallest absolute Gasteiger partial charge is 0.326 e. The van der Waals surface area contributed by atoms with Crippen LogP contribution in [0, 0.1) is 12.8 Å². The third kappa shape index (κ3) is 4.24. The van der Waals surface area contributed by atoms with Gasteiger partial charge in [-0.3, -0.25) is 9.59 Å². The van der Waals surface area contributed by atoms with Crippen molar-refractivity contribution in [1.29, 1.82) is 0 Å². The highest BCUT2D eigenvalue weighted by atomic mass is 16.4. The van der Waals surface area contributed by atoms with Crippen LogP contribution in [0.4, 0.5) is 0 Å². The van der Waals surface area contributed by atoms with Gasteiger partial charge in [0, 0.05) is 5.69 Å². The van der Waals surface area contributed by atoms with Crippen LogP contribution in [0.15, 0.2) is 16.9 Å². The van der Waals surface area contributed by atoms with E-state index in [1.54, 1.807) is 13.0 Å². The second-order valence-electron chi connectivity index (χ2n) is 4.88. The molecule has 0 aliphatic rings. The molecular weight excluding hydrogens is 248 g/mol. The van der Waals surface area contributed by atoms with Gasteiger partial charge in [-0.2, -0.15) is 0 Å². The number of carboxylic acid groups (broad SMARTS) is 1. The molecule has 0 spiro atoms. The summed E-state index contributed by atoms with van der Waals surface area (Å²) >= 11 is 0. The highest BCUT2D eigenvalue weighted by molar-refractivity contribution is 5.96. The number of aryl methyl sites for hydroxylation is 1. The summed E-state index contributed by atoms with van der Waals surface area (Å²) in [6.07, 6.45) is 0.310. The Morgan fingerprint density at radius 2 is 2.00 bits per heavy atom. The first-order valence-electron chi connectivity index (χ1n) is 6.05. The van der Waals surface area contributed by atoms with Gasteiger partial charge >= 0.3 is 5.97 Å². The van der Waals surface area contributed by atoms with Crippen LogP contribution in [-0.4, -0.2) is 28.0 Å². The lowest BCUT2D eigenvalue weighted by Crippen LogP contribution is -2.43. The van der Waals surface area contributed by atoms with Crippen molar-refractivity contribution >= 4 is 11.9 Å². The molecule has 3 N–H and O–H groups in total. The average Bonchev–Trinajstić information content (AvgIpc) is 2.26. The highest BCUT2D eigenvalue weighted by Gasteiger charge is 2.22. The molecular formula is C13H18N2O4. The first-order valence-corrected chi connectivity index (χ1v) is 6.05. The fourth-order valence-corrected chi connectivity index (χ4v) is 1.68. The molecule has 104 valence electrons. The fourth-order valence-electron chi connectivity index (χ4n) is 1.68. The maximum Gasteiger partial charge on any atom is 0.326 e. The van der Waals surface area contributed by atoms with Gasteiger partial charge in [0.05, 0.1) is 0 Å². The molecule has 1 heterocycles. The van der Waals surface area contributed by atoms with Gasteiger partial charge in [0.2, 0.25) is 0 Å². The minimum atomic E-state index is -1.11. The third-order valence-electron chi connectivity index (χ3n) is 2.61. The third-order valence-corrected chi connectivity index (χ3v) is 2.61. The molecule has 1 rings (SSSR count). The van der Waals surface area contributed by atoms with Crippen molar-refractivity contribution in [3.63, 3.8) is 0 Å². The van der Waals surface area contributed by atoms with Crippen LogP contribution in [0.2, 0.25) is 0 Å². The zero-order valence-corrected chi connectivity index (χ0v) is 11.2. The quantitative estimate of drug-likeness (QED) is 0.737. The van der Waals surface area contributed by atoms with Crippen molar-refractivity contribution in [3.8, 4) is 0 Å². The van der Waals surface area contributed by atoms with Crippen LogP contribution in [0.1, 0.15) is 36.3 Å². The Balaban J connectivity index is 2.88. The molecule has 0 saturated carbocycles. The number of hydrogen-bond acceptors (Lipinski definition) is 3. The van der Waals surface area contributed by atoms with E-state index in [0.29, 0.717) is 12.1 Å². The summed E-state index contributed by atoms with van der Waals surface area (Å²) in [6, 6.07) is 1.99. The van der Waals surface area contributed by atoms with Crippen LogP contribution in [0.25, 0.3) is 0 Å². The van der Waals surface area contributed by atoms with Gasteiger partial charge in [0.1, 0.15) is 11.6 Å². The molecule has 6 nitrogen and oxygen atoms in total. The number of aromatic amines is 1. The number of amides is 1. The second kappa shape index (κ2) is 6.17. The molecule has 0 aromatic carbocycles. The predicted molar refractivity (Wildman–Crippen MR) is 70.1 cm³/mol. The van der Waals surface area contributed by atoms with Crippen molar-refractivity contribution in [2.75, 3.05) is 0 Å². The van der Waals surface area contributed by atoms with Crippen LogP contribution < -0.4 is 10.9 Å². The van der Waals surface area contributed by atoms with Crippen molar-refractivity contribution in [2.24, 2.45) is 5.92 Å². The summed E-state index contributed by atoms with van der Waals surface area (Å²) in [7, 11) is 0. The molecule has 19 heavy (non-hydrogen) atoms. The summed E-state index contributed by atoms with van der Waals surface area (Å²) in [6.45, 7) is 5.42. The van der Waals surface area contributed by atoms with E-state index in [2.05, 4.69) is 10.3 Å². The average molecular weight is 266 g/mol. The summed E-state index contributed by atoms with van der Waals surface area (Å²) < 4.78 is 0. The Hall–Kier alpha value is -2.11. The number of hydrogen-bond donors (Lipinski definition) is 3. The molecule has 0 aliphatic heterocycles. The Bertz CT molecular complexity index is 534. The zero-order chi connectivity index (χ0) is 14.6. The number of carbonyl (C=O) groups excluding carboxylic acids is 1. The van der Waals surface area contributed by atoms with E-state index in [0.717, 1.165) is 0 Å². The summed E-state index contributed by atoms with van der Waals surface area (Å²) in [5.74, 6) is -1.66. The topological polar surface area (TPSA) is 99.3 Å². The Kier molecular flexibility index (Phi) is 4.86. The van der Waals surface area contributed by atoms with Gasteiger partial charge < -0.3 is 15.4 Å². The number of pyridine rings is 1. The van der Waals surface area contributed by atoms with Gasteiger partial charge in [-0.05, 0) is 31.4 Å². The van der Waals surface area contributed by atoms with E-state index >= 15 is 0 Å². The largest absolute Gasteiger partial charge is 0.480 e. The molecule has 0 aliphatic carbocycles. The predicted octanol–water partition coefficient (Wildman–Crippen LogP) is 0.912. The maximum atomic E-state index is 11.9. The highest BCUT2D eigenvalue weighted by Crippen LogP contribution is 2.06. The van der Waals surface area contributed by atoms with Gasteiger partial charge in [-0.1, -0.05) is 13.8 Å². The standard InChI is InChI=1S/C13H18N2O4/c1-7(2)6-10(13(18)19)15-12(17)9-5-4-8(3)14-11(9)16/h4-5,7,10H,6H2,1-3H3,(H,14,16)(H,15,17)(H,18,19). The van der Waals surface area contributed by atoms with Crippen LogP contribution in [0.3, 0.4) is 0 Å². The normalized spacial score (nSPS) is 12.2. The molecule has 0 radical (unpaired) electrons. The fraction of sp³-hybridized carbons (Fsp3) is 0.462. The summed E-state index contributed by atoms with van der Waals surface area (Å²) in [5, 5.41) is 11.4. The van der Waals surface area contributed by atoms with Gasteiger partial charge in [-0.25, -0.2) is 4.79 Å². The minimum Gasteiger partial charge on any atom is -0.480 e. The number of aliphatic carboxylic acids is 1. The lowest BCUT2D eigenvalue weighted by molar-refractivity contribution is -0.139. The Morgan fingerprint density at radius 1 is 1.37 bits per heavy atom. The molecule has 1 atom stereocenters. The van der Waals surface area contributed by atoms with Crippen molar-refractivity contribution in [3.05, 3.63) is 33.7 Å². The van der Waals surface area contributed by atoms with E-state index in [1.165, 1.54) is 6.07 Å². The first kappa shape index (κ1) is 14.9. The van der Waals surface area contributed by atoms with E-state index in [1.807, 2.05) is 13.8 Å². The molecule has 0 saturated heterocycles. The Morgan fingerprint density at radius 3 is 2.47 bits per heavy atom. The van der Waals surface area contributed by atoms with Crippen molar-refractivity contribution in [1.82, 2.24) is 10.3 Å². The number of rotatable bonds is 5. The van der Waals surface area contributed by atoms with Gasteiger partial charge in [0.25, 0.3) is 11.5 Å². The van der Waals surface area contributed by atoms with Gasteiger partial charge in [-0.15, -0.1) is 0 Å². The first-order chi connectivity index (χ1) is 8.81. The Labute approximate surface area is 110 Å². The molecule has 0 fully saturated rings. The molecule has 1 amide bonds. The molecule has 1 unspecified atom stereocenters. The van der Waals surface area contributed by atoms with E-state index in [9.17, 15) is 14.4 Å². The number of H-pyrrole nitrogens is 1. The van der Waals surface area contributed by atoms with Gasteiger partial charge in [0.15, 0.2) is 0 Å². The lowest BCUT2D eigenvalue weighted by atomic mass is 10.0. The summed E-state index contributed by atoms with van der Waals surface area (Å²) in [4.78, 5) is 37.0. The number of nitrogens with one attached hydrogen (secondary N) is 2. The van der Waals surface area contributed by atoms with Crippen molar-refractivity contribution in [2.45, 2.75) is 33.2 Å². The van der Waals surface area contributed by atoms with Crippen LogP contribution in [0.5, 0.6) is 0 Å². The monoisotopic (exact) mass is 266 g/mol. The van der Waals surface area contributed by atoms with Crippen LogP contribution >= 0.6 is 0 Å². The summed E-state index contributed by atoms with van der Waals surface area (Å²) in [5.41, 5.74) is 0.0327. The van der Waals surface area contributed by atoms with E-state index in [4.69, 9.17) is 5.11 Å². The SMILES string of the molecule is Cc1ccc(C(=O)NC(CC(C)C)C(=O)O)c(=O)[nH]1. The molecule has 6 heteroatoms. The number of carbonyl (C=O) groups is 2. The minimum absolute atomic E-state index is 0.0828. The van der Waals surface area contributed by atoms with E-state index < -0.39 is 23.5 Å². The second-order valence-corrected chi connectivity index (χ2v) is 4.88. The molecule has 0 bridgehead atoms. The number of aromatic nitrogens is 1. The van der Waals surface area contributed by atoms with Crippen molar-refractivity contribution < 1.29 is 14.7 Å². The molecule has 1 aromatic rings.